The average Bonchev–Trinajstić information content (AvgIpc) is 3.16. The minimum Gasteiger partial charge on any atom is -0.340 e. The van der Waals surface area contributed by atoms with Crippen molar-refractivity contribution in [3.05, 3.63) is 53.2 Å². The molecule has 2 heterocycles. The average molecular weight is 370 g/mol. The van der Waals surface area contributed by atoms with Gasteiger partial charge in [0, 0.05) is 31.2 Å². The second-order valence-corrected chi connectivity index (χ2v) is 8.04. The summed E-state index contributed by atoms with van der Waals surface area (Å²) in [6.45, 7) is 8.22. The predicted molar refractivity (Wildman–Crippen MR) is 107 cm³/mol. The fourth-order valence-corrected chi connectivity index (χ4v) is 4.10. The molecule has 0 spiro atoms. The highest BCUT2D eigenvalue weighted by atomic mass is 32.2. The number of carbonyl (C=O) groups is 1. The molecule has 1 fully saturated rings. The summed E-state index contributed by atoms with van der Waals surface area (Å²) in [5.41, 5.74) is 3.20. The molecule has 0 atom stereocenters. The molecule has 0 N–H and O–H groups in total. The van der Waals surface area contributed by atoms with E-state index in [0.29, 0.717) is 5.56 Å². The van der Waals surface area contributed by atoms with Crippen molar-refractivity contribution < 1.29 is 4.79 Å². The van der Waals surface area contributed by atoms with E-state index in [9.17, 15) is 4.79 Å². The Bertz CT molecular complexity index is 772. The van der Waals surface area contributed by atoms with Gasteiger partial charge in [0.1, 0.15) is 5.03 Å². The van der Waals surface area contributed by atoms with Crippen molar-refractivity contribution in [2.45, 2.75) is 36.6 Å². The Kier molecular flexibility index (Phi) is 6.33. The van der Waals surface area contributed by atoms with Crippen LogP contribution in [0.15, 0.2) is 46.5 Å². The van der Waals surface area contributed by atoms with Gasteiger partial charge in [-0.2, -0.15) is 0 Å². The quantitative estimate of drug-likeness (QED) is 0.771. The SMILES string of the molecule is Cc1ccc(Sc2ncccc2C(=O)N(C)CCN2CCCC2)cc1C. The number of pyridine rings is 1. The van der Waals surface area contributed by atoms with Gasteiger partial charge in [0.05, 0.1) is 5.56 Å². The highest BCUT2D eigenvalue weighted by Gasteiger charge is 2.19. The first-order chi connectivity index (χ1) is 12.5. The van der Waals surface area contributed by atoms with Gasteiger partial charge in [-0.1, -0.05) is 17.8 Å². The van der Waals surface area contributed by atoms with Crippen molar-refractivity contribution in [1.82, 2.24) is 14.8 Å². The molecular weight excluding hydrogens is 342 g/mol. The van der Waals surface area contributed by atoms with Crippen molar-refractivity contribution in [3.8, 4) is 0 Å². The number of carbonyl (C=O) groups excluding carboxylic acids is 1. The molecular formula is C21H27N3OS. The highest BCUT2D eigenvalue weighted by Crippen LogP contribution is 2.30. The molecule has 5 heteroatoms. The lowest BCUT2D eigenvalue weighted by molar-refractivity contribution is 0.0778. The summed E-state index contributed by atoms with van der Waals surface area (Å²) in [6.07, 6.45) is 4.30. The summed E-state index contributed by atoms with van der Waals surface area (Å²) >= 11 is 1.56. The summed E-state index contributed by atoms with van der Waals surface area (Å²) in [4.78, 5) is 22.8. The normalized spacial score (nSPS) is 14.6. The van der Waals surface area contributed by atoms with Gasteiger partial charge in [0.2, 0.25) is 0 Å². The molecule has 26 heavy (non-hydrogen) atoms. The van der Waals surface area contributed by atoms with Crippen LogP contribution in [-0.4, -0.2) is 53.9 Å². The zero-order valence-electron chi connectivity index (χ0n) is 15.9. The smallest absolute Gasteiger partial charge is 0.256 e. The number of aryl methyl sites for hydroxylation is 2. The summed E-state index contributed by atoms with van der Waals surface area (Å²) in [6, 6.07) is 10.1. The minimum atomic E-state index is 0.0450. The van der Waals surface area contributed by atoms with Gasteiger partial charge in [-0.3, -0.25) is 4.79 Å². The standard InChI is InChI=1S/C21H27N3OS/c1-16-8-9-18(15-17(16)2)26-20-19(7-6-10-22-20)21(25)23(3)13-14-24-11-4-5-12-24/h6-10,15H,4-5,11-14H2,1-3H3. The van der Waals surface area contributed by atoms with E-state index in [1.54, 1.807) is 18.0 Å². The van der Waals surface area contributed by atoms with Crippen LogP contribution in [0.2, 0.25) is 0 Å². The molecule has 1 aromatic heterocycles. The van der Waals surface area contributed by atoms with Crippen LogP contribution in [0.5, 0.6) is 0 Å². The fourth-order valence-electron chi connectivity index (χ4n) is 3.13. The number of hydrogen-bond acceptors (Lipinski definition) is 4. The number of amides is 1. The van der Waals surface area contributed by atoms with E-state index in [1.807, 2.05) is 24.1 Å². The Morgan fingerprint density at radius 2 is 1.96 bits per heavy atom. The highest BCUT2D eigenvalue weighted by molar-refractivity contribution is 7.99. The van der Waals surface area contributed by atoms with Crippen LogP contribution in [0.1, 0.15) is 34.3 Å². The molecule has 0 aliphatic carbocycles. The summed E-state index contributed by atoms with van der Waals surface area (Å²) in [7, 11) is 1.88. The van der Waals surface area contributed by atoms with Crippen LogP contribution < -0.4 is 0 Å². The molecule has 1 aliphatic heterocycles. The maximum atomic E-state index is 12.9. The Balaban J connectivity index is 1.70. The maximum absolute atomic E-state index is 12.9. The van der Waals surface area contributed by atoms with E-state index < -0.39 is 0 Å². The molecule has 1 aliphatic rings. The Hall–Kier alpha value is -1.85. The van der Waals surface area contributed by atoms with Crippen LogP contribution >= 0.6 is 11.8 Å². The number of benzene rings is 1. The fraction of sp³-hybridized carbons (Fsp3) is 0.429. The Labute approximate surface area is 160 Å². The largest absolute Gasteiger partial charge is 0.340 e. The molecule has 138 valence electrons. The third kappa shape index (κ3) is 4.65. The van der Waals surface area contributed by atoms with Crippen molar-refractivity contribution >= 4 is 17.7 Å². The van der Waals surface area contributed by atoms with Gasteiger partial charge in [-0.25, -0.2) is 4.98 Å². The van der Waals surface area contributed by atoms with Crippen molar-refractivity contribution in [2.75, 3.05) is 33.2 Å². The van der Waals surface area contributed by atoms with E-state index in [1.165, 1.54) is 24.0 Å². The molecule has 0 radical (unpaired) electrons. The van der Waals surface area contributed by atoms with Gasteiger partial charge in [0.25, 0.3) is 5.91 Å². The van der Waals surface area contributed by atoms with Crippen molar-refractivity contribution in [1.29, 1.82) is 0 Å². The number of nitrogens with zero attached hydrogens (tertiary/aromatic N) is 3. The second kappa shape index (κ2) is 8.69. The van der Waals surface area contributed by atoms with Crippen LogP contribution in [-0.2, 0) is 0 Å². The molecule has 3 rings (SSSR count). The number of rotatable bonds is 6. The molecule has 0 bridgehead atoms. The first-order valence-corrected chi connectivity index (χ1v) is 10.0. The van der Waals surface area contributed by atoms with E-state index in [4.69, 9.17) is 0 Å². The number of hydrogen-bond donors (Lipinski definition) is 0. The van der Waals surface area contributed by atoms with Crippen molar-refractivity contribution in [3.63, 3.8) is 0 Å². The Morgan fingerprint density at radius 3 is 2.69 bits per heavy atom. The summed E-state index contributed by atoms with van der Waals surface area (Å²) in [5.74, 6) is 0.0450. The molecule has 0 saturated carbocycles. The van der Waals surface area contributed by atoms with Crippen LogP contribution in [0.3, 0.4) is 0 Å². The molecule has 0 unspecified atom stereocenters. The minimum absolute atomic E-state index is 0.0450. The maximum Gasteiger partial charge on any atom is 0.256 e. The zero-order chi connectivity index (χ0) is 18.5. The summed E-state index contributed by atoms with van der Waals surface area (Å²) < 4.78 is 0. The van der Waals surface area contributed by atoms with E-state index in [0.717, 1.165) is 36.1 Å². The van der Waals surface area contributed by atoms with Crippen LogP contribution in [0.4, 0.5) is 0 Å². The predicted octanol–water partition coefficient (Wildman–Crippen LogP) is 4.02. The molecule has 2 aromatic rings. The van der Waals surface area contributed by atoms with Gasteiger partial charge in [-0.15, -0.1) is 0 Å². The van der Waals surface area contributed by atoms with E-state index in [-0.39, 0.29) is 5.91 Å². The monoisotopic (exact) mass is 369 g/mol. The van der Waals surface area contributed by atoms with Crippen molar-refractivity contribution in [2.24, 2.45) is 0 Å². The molecule has 1 saturated heterocycles. The lowest BCUT2D eigenvalue weighted by atomic mass is 10.1. The zero-order valence-corrected chi connectivity index (χ0v) is 16.7. The van der Waals surface area contributed by atoms with Crippen LogP contribution in [0.25, 0.3) is 0 Å². The third-order valence-corrected chi connectivity index (χ3v) is 6.00. The number of likely N-dealkylation sites (N-methyl/N-ethyl adjacent to an activating group) is 1. The van der Waals surface area contributed by atoms with Gasteiger partial charge >= 0.3 is 0 Å². The lowest BCUT2D eigenvalue weighted by Crippen LogP contribution is -2.35. The lowest BCUT2D eigenvalue weighted by Gasteiger charge is -2.22. The number of aromatic nitrogens is 1. The van der Waals surface area contributed by atoms with Gasteiger partial charge in [0.15, 0.2) is 0 Å². The van der Waals surface area contributed by atoms with E-state index >= 15 is 0 Å². The number of likely N-dealkylation sites (tertiary alicyclic amines) is 1. The van der Waals surface area contributed by atoms with Crippen LogP contribution in [0, 0.1) is 13.8 Å². The molecule has 1 aromatic carbocycles. The Morgan fingerprint density at radius 1 is 1.19 bits per heavy atom. The van der Waals surface area contributed by atoms with Gasteiger partial charge < -0.3 is 9.80 Å². The second-order valence-electron chi connectivity index (χ2n) is 6.98. The first kappa shape index (κ1) is 18.9. The topological polar surface area (TPSA) is 36.4 Å². The molecule has 4 nitrogen and oxygen atoms in total. The summed E-state index contributed by atoms with van der Waals surface area (Å²) in [5, 5.41) is 0.772. The van der Waals surface area contributed by atoms with E-state index in [2.05, 4.69) is 41.9 Å². The third-order valence-electron chi connectivity index (χ3n) is 4.99. The van der Waals surface area contributed by atoms with Gasteiger partial charge in [-0.05, 0) is 75.2 Å². The molecule has 1 amide bonds. The first-order valence-electron chi connectivity index (χ1n) is 9.22.